The van der Waals surface area contributed by atoms with Crippen LogP contribution in [-0.2, 0) is 0 Å². The van der Waals surface area contributed by atoms with Crippen molar-refractivity contribution in [3.63, 3.8) is 0 Å². The summed E-state index contributed by atoms with van der Waals surface area (Å²) in [5.74, 6) is 1.02. The van der Waals surface area contributed by atoms with Crippen LogP contribution >= 0.6 is 23.1 Å². The number of amides is 2. The van der Waals surface area contributed by atoms with Gasteiger partial charge >= 0.3 is 0 Å². The van der Waals surface area contributed by atoms with Gasteiger partial charge in [-0.3, -0.25) is 9.59 Å². The highest BCUT2D eigenvalue weighted by Gasteiger charge is 2.33. The highest BCUT2D eigenvalue weighted by Crippen LogP contribution is 2.35. The summed E-state index contributed by atoms with van der Waals surface area (Å²) in [6.45, 7) is 3.55. The van der Waals surface area contributed by atoms with Crippen molar-refractivity contribution in [3.05, 3.63) is 63.7 Å². The van der Waals surface area contributed by atoms with Crippen molar-refractivity contribution in [1.82, 2.24) is 15.2 Å². The number of hydrogen-bond donors (Lipinski definition) is 1. The third-order valence-electron chi connectivity index (χ3n) is 5.54. The lowest BCUT2D eigenvalue weighted by atomic mass is 10.1. The van der Waals surface area contributed by atoms with Gasteiger partial charge in [0.2, 0.25) is 0 Å². The summed E-state index contributed by atoms with van der Waals surface area (Å²) in [6.07, 6.45) is 0. The van der Waals surface area contributed by atoms with Crippen LogP contribution in [0.4, 0.5) is 4.39 Å². The van der Waals surface area contributed by atoms with Crippen molar-refractivity contribution in [2.45, 2.75) is 12.3 Å². The Morgan fingerprint density at radius 1 is 1.18 bits per heavy atom. The first-order valence-corrected chi connectivity index (χ1v) is 12.7. The van der Waals surface area contributed by atoms with Gasteiger partial charge in [0.25, 0.3) is 11.8 Å². The highest BCUT2D eigenvalue weighted by atomic mass is 32.2. The topological polar surface area (TPSA) is 80.8 Å². The van der Waals surface area contributed by atoms with E-state index in [9.17, 15) is 14.0 Å². The van der Waals surface area contributed by atoms with Crippen LogP contribution < -0.4 is 14.8 Å². The molecule has 0 radical (unpaired) electrons. The molecule has 3 aromatic rings. The molecule has 2 aromatic carbocycles. The molecule has 2 amide bonds. The Morgan fingerprint density at radius 2 is 1.97 bits per heavy atom. The Labute approximate surface area is 204 Å². The number of thioether (sulfide) groups is 1. The molecule has 3 heterocycles. The molecule has 1 unspecified atom stereocenters. The van der Waals surface area contributed by atoms with Crippen LogP contribution in [0.2, 0.25) is 0 Å². The fraction of sp³-hybridized carbons (Fsp3) is 0.292. The molecule has 0 spiro atoms. The van der Waals surface area contributed by atoms with Gasteiger partial charge in [-0.2, -0.15) is 0 Å². The molecule has 176 valence electrons. The largest absolute Gasteiger partial charge is 0.486 e. The minimum Gasteiger partial charge on any atom is -0.486 e. The van der Waals surface area contributed by atoms with Gasteiger partial charge in [0, 0.05) is 24.4 Å². The van der Waals surface area contributed by atoms with E-state index in [-0.39, 0.29) is 23.0 Å². The number of nitrogens with zero attached hydrogens (tertiary/aromatic N) is 2. The zero-order valence-corrected chi connectivity index (χ0v) is 20.0. The number of ether oxygens (including phenoxy) is 2. The van der Waals surface area contributed by atoms with E-state index in [1.54, 1.807) is 47.0 Å². The average molecular weight is 500 g/mol. The lowest BCUT2D eigenvalue weighted by molar-refractivity contribution is 0.0755. The Morgan fingerprint density at radius 3 is 2.79 bits per heavy atom. The zero-order chi connectivity index (χ0) is 23.7. The number of nitrogens with one attached hydrogen (secondary N) is 1. The average Bonchev–Trinajstić information content (AvgIpc) is 3.49. The summed E-state index contributed by atoms with van der Waals surface area (Å²) in [6, 6.07) is 11.2. The predicted octanol–water partition coefficient (Wildman–Crippen LogP) is 3.97. The molecule has 1 fully saturated rings. The minimum absolute atomic E-state index is 0.136. The number of hydrogen-bond acceptors (Lipinski definition) is 7. The maximum absolute atomic E-state index is 13.5. The fourth-order valence-corrected chi connectivity index (χ4v) is 6.01. The molecule has 34 heavy (non-hydrogen) atoms. The first-order valence-electron chi connectivity index (χ1n) is 10.8. The van der Waals surface area contributed by atoms with E-state index in [1.165, 1.54) is 23.5 Å². The Balaban J connectivity index is 1.31. The Hall–Kier alpha value is -3.11. The Bertz CT molecular complexity index is 1230. The van der Waals surface area contributed by atoms with Crippen molar-refractivity contribution in [2.75, 3.05) is 32.1 Å². The smallest absolute Gasteiger partial charge is 0.267 e. The Kier molecular flexibility index (Phi) is 6.42. The molecule has 0 saturated carbocycles. The van der Waals surface area contributed by atoms with Crippen LogP contribution in [0.3, 0.4) is 0 Å². The number of para-hydroxylation sites is 1. The number of carbonyl (C=O) groups is 2. The molecule has 1 N–H and O–H groups in total. The first-order chi connectivity index (χ1) is 16.5. The van der Waals surface area contributed by atoms with Crippen LogP contribution in [0.5, 0.6) is 11.5 Å². The standard InChI is InChI=1S/C24H22FN3O4S2/c1-14-27-20(15-5-7-16(25)8-6-15)22(34-14)24(30)28-9-12-33-19(28)13-26-23(29)17-3-2-4-18-21(17)32-11-10-31-18/h2-8,19H,9-13H2,1H3,(H,26,29). The van der Waals surface area contributed by atoms with Crippen molar-refractivity contribution in [3.8, 4) is 22.8 Å². The summed E-state index contributed by atoms with van der Waals surface area (Å²) < 4.78 is 24.6. The quantitative estimate of drug-likeness (QED) is 0.572. The van der Waals surface area contributed by atoms with Crippen molar-refractivity contribution in [2.24, 2.45) is 0 Å². The molecule has 1 aromatic heterocycles. The van der Waals surface area contributed by atoms with Gasteiger partial charge in [-0.05, 0) is 43.3 Å². The minimum atomic E-state index is -0.341. The van der Waals surface area contributed by atoms with Crippen molar-refractivity contribution < 1.29 is 23.5 Å². The number of thiazole rings is 1. The molecule has 0 bridgehead atoms. The van der Waals surface area contributed by atoms with Crippen molar-refractivity contribution in [1.29, 1.82) is 0 Å². The van der Waals surface area contributed by atoms with Gasteiger partial charge in [0.15, 0.2) is 11.5 Å². The molecule has 10 heteroatoms. The number of carbonyl (C=O) groups excluding carboxylic acids is 2. The van der Waals surface area contributed by atoms with Crippen LogP contribution in [0.25, 0.3) is 11.3 Å². The molecule has 1 saturated heterocycles. The number of halogens is 1. The van der Waals surface area contributed by atoms with E-state index in [0.717, 1.165) is 10.8 Å². The van der Waals surface area contributed by atoms with Gasteiger partial charge in [-0.25, -0.2) is 9.37 Å². The maximum atomic E-state index is 13.5. The molecule has 7 nitrogen and oxygen atoms in total. The molecule has 2 aliphatic rings. The number of rotatable bonds is 5. The maximum Gasteiger partial charge on any atom is 0.267 e. The van der Waals surface area contributed by atoms with Crippen LogP contribution in [0.15, 0.2) is 42.5 Å². The van der Waals surface area contributed by atoms with E-state index in [1.807, 2.05) is 6.92 Å². The third kappa shape index (κ3) is 4.47. The van der Waals surface area contributed by atoms with E-state index in [2.05, 4.69) is 10.3 Å². The molecule has 2 aliphatic heterocycles. The molecular formula is C24H22FN3O4S2. The second-order valence-corrected chi connectivity index (χ2v) is 10.3. The first kappa shape index (κ1) is 22.7. The van der Waals surface area contributed by atoms with E-state index < -0.39 is 0 Å². The number of aryl methyl sites for hydroxylation is 1. The SMILES string of the molecule is Cc1nc(-c2ccc(F)cc2)c(C(=O)N2CCSC2CNC(=O)c2cccc3c2OCCO3)s1. The molecule has 5 rings (SSSR count). The molecular weight excluding hydrogens is 477 g/mol. The number of benzene rings is 2. The van der Waals surface area contributed by atoms with Gasteiger partial charge in [0.05, 0.1) is 21.6 Å². The highest BCUT2D eigenvalue weighted by molar-refractivity contribution is 8.00. The second-order valence-electron chi connectivity index (χ2n) is 7.78. The number of fused-ring (bicyclic) bond motifs is 1. The van der Waals surface area contributed by atoms with Gasteiger partial charge in [-0.1, -0.05) is 6.07 Å². The summed E-state index contributed by atoms with van der Waals surface area (Å²) in [7, 11) is 0. The molecule has 0 aliphatic carbocycles. The second kappa shape index (κ2) is 9.63. The van der Waals surface area contributed by atoms with Gasteiger partial charge in [-0.15, -0.1) is 23.1 Å². The normalized spacial score (nSPS) is 17.0. The fourth-order valence-electron chi connectivity index (χ4n) is 3.96. The van der Waals surface area contributed by atoms with Gasteiger partial charge < -0.3 is 19.7 Å². The summed E-state index contributed by atoms with van der Waals surface area (Å²) in [4.78, 5) is 33.2. The zero-order valence-electron chi connectivity index (χ0n) is 18.4. The van der Waals surface area contributed by atoms with Crippen LogP contribution in [0.1, 0.15) is 25.0 Å². The van der Waals surface area contributed by atoms with E-state index >= 15 is 0 Å². The predicted molar refractivity (Wildman–Crippen MR) is 129 cm³/mol. The lowest BCUT2D eigenvalue weighted by Crippen LogP contribution is -2.42. The third-order valence-corrected chi connectivity index (χ3v) is 7.73. The van der Waals surface area contributed by atoms with Crippen molar-refractivity contribution >= 4 is 34.9 Å². The van der Waals surface area contributed by atoms with Crippen LogP contribution in [0, 0.1) is 12.7 Å². The number of aromatic nitrogens is 1. The summed E-state index contributed by atoms with van der Waals surface area (Å²) in [5.41, 5.74) is 1.66. The summed E-state index contributed by atoms with van der Waals surface area (Å²) in [5, 5.41) is 3.49. The molecule has 1 atom stereocenters. The van der Waals surface area contributed by atoms with E-state index in [0.29, 0.717) is 59.5 Å². The van der Waals surface area contributed by atoms with Crippen LogP contribution in [-0.4, -0.2) is 59.1 Å². The van der Waals surface area contributed by atoms with Gasteiger partial charge in [0.1, 0.15) is 23.9 Å². The lowest BCUT2D eigenvalue weighted by Gasteiger charge is -2.24. The summed E-state index contributed by atoms with van der Waals surface area (Å²) >= 11 is 2.94. The van der Waals surface area contributed by atoms with E-state index in [4.69, 9.17) is 9.47 Å². The monoisotopic (exact) mass is 499 g/mol.